The zero-order valence-electron chi connectivity index (χ0n) is 18.0. The Morgan fingerprint density at radius 2 is 2.17 bits per heavy atom. The Morgan fingerprint density at radius 3 is 2.97 bits per heavy atom. The number of tetrazole rings is 1. The van der Waals surface area contributed by atoms with Gasteiger partial charge < -0.3 is 20.1 Å². The average Bonchev–Trinajstić information content (AvgIpc) is 3.25. The highest BCUT2D eigenvalue weighted by molar-refractivity contribution is 5.76. The summed E-state index contributed by atoms with van der Waals surface area (Å²) in [6, 6.07) is -1.40. The Bertz CT molecular complexity index is 691. The van der Waals surface area contributed by atoms with E-state index in [1.807, 2.05) is 0 Å². The first-order chi connectivity index (χ1) is 14.5. The van der Waals surface area contributed by atoms with Gasteiger partial charge in [-0.2, -0.15) is 5.21 Å². The van der Waals surface area contributed by atoms with Crippen LogP contribution in [0.25, 0.3) is 0 Å². The molecule has 1 amide bonds. The zero-order valence-corrected chi connectivity index (χ0v) is 17.0. The van der Waals surface area contributed by atoms with E-state index in [0.717, 1.165) is 37.9 Å². The van der Waals surface area contributed by atoms with E-state index in [0.29, 0.717) is 50.3 Å². The zero-order chi connectivity index (χ0) is 21.4. The van der Waals surface area contributed by atoms with Gasteiger partial charge in [-0.05, 0) is 63.3 Å². The molecule has 3 N–H and O–H groups in total. The quantitative estimate of drug-likeness (QED) is 0.410. The minimum atomic E-state index is -1.40. The third-order valence-corrected chi connectivity index (χ3v) is 5.80. The van der Waals surface area contributed by atoms with Crippen LogP contribution in [0.3, 0.4) is 0 Å². The topological polar surface area (TPSA) is 131 Å². The average molecular weight is 410 g/mol. The molecule has 0 spiro atoms. The molecule has 2 aliphatic rings. The number of carbonyl (C=O) groups is 2. The van der Waals surface area contributed by atoms with Crippen LogP contribution in [-0.2, 0) is 20.7 Å². The standard InChI is InChI=1S/C19H32N6O4/c1-2-28-19(27)20-8-3-9-29-18(26)16-11-15-10-13(4-6-14(15)12-21-16)5-7-17-22-24-25-23-17/h13-16,21H,2-12H2,1H3,(H,20,27)(H,22,23,24,25)/t13-,14+,15-,16+/m1/s1/i16D. The minimum absolute atomic E-state index is 0.162. The molecule has 1 saturated heterocycles. The number of carbonyl (C=O) groups excluding carboxylic acids is 2. The van der Waals surface area contributed by atoms with Crippen LogP contribution < -0.4 is 10.6 Å². The van der Waals surface area contributed by atoms with Crippen LogP contribution in [0.2, 0.25) is 0 Å². The number of nitrogens with zero attached hydrogens (tertiary/aromatic N) is 3. The fourth-order valence-electron chi connectivity index (χ4n) is 4.27. The molecule has 3 rings (SSSR count). The van der Waals surface area contributed by atoms with E-state index in [9.17, 15) is 9.59 Å². The van der Waals surface area contributed by atoms with Gasteiger partial charge in [0.1, 0.15) is 6.02 Å². The highest BCUT2D eigenvalue weighted by Gasteiger charge is 2.38. The van der Waals surface area contributed by atoms with Crippen LogP contribution in [0.5, 0.6) is 0 Å². The summed E-state index contributed by atoms with van der Waals surface area (Å²) in [4.78, 5) is 23.8. The number of aryl methyl sites for hydroxylation is 1. The van der Waals surface area contributed by atoms with Crippen LogP contribution in [0.1, 0.15) is 52.6 Å². The van der Waals surface area contributed by atoms with Gasteiger partial charge in [0, 0.05) is 13.0 Å². The molecular formula is C19H32N6O4. The Morgan fingerprint density at radius 1 is 1.28 bits per heavy atom. The van der Waals surface area contributed by atoms with Crippen molar-refractivity contribution in [2.45, 2.75) is 57.9 Å². The summed E-state index contributed by atoms with van der Waals surface area (Å²) < 4.78 is 18.7. The monoisotopic (exact) mass is 409 g/mol. The van der Waals surface area contributed by atoms with Crippen LogP contribution >= 0.6 is 0 Å². The van der Waals surface area contributed by atoms with E-state index in [4.69, 9.17) is 10.8 Å². The number of nitrogens with one attached hydrogen (secondary N) is 3. The number of esters is 1. The lowest BCUT2D eigenvalue weighted by Crippen LogP contribution is -2.50. The van der Waals surface area contributed by atoms with Crippen LogP contribution in [0, 0.1) is 17.8 Å². The maximum Gasteiger partial charge on any atom is 0.407 e. The predicted octanol–water partition coefficient (Wildman–Crippen LogP) is 1.21. The lowest BCUT2D eigenvalue weighted by Gasteiger charge is -2.42. The largest absolute Gasteiger partial charge is 0.464 e. The molecule has 0 bridgehead atoms. The van der Waals surface area contributed by atoms with Crippen molar-refractivity contribution in [3.8, 4) is 0 Å². The van der Waals surface area contributed by atoms with Crippen molar-refractivity contribution in [1.82, 2.24) is 31.3 Å². The van der Waals surface area contributed by atoms with Crippen LogP contribution in [0.15, 0.2) is 0 Å². The van der Waals surface area contributed by atoms with Gasteiger partial charge in [-0.3, -0.25) is 4.79 Å². The number of piperidine rings is 1. The SMILES string of the molecule is [2H][C@@]1(C(=O)OCCCNC(=O)OCC)C[C@H]2C[C@@H](CCc3nn[nH]n3)CC[C@H]2CN1. The number of alkyl carbamates (subject to hydrolysis) is 1. The first-order valence-electron chi connectivity index (χ1n) is 11.1. The molecule has 2 heterocycles. The molecule has 162 valence electrons. The van der Waals surface area contributed by atoms with Crippen molar-refractivity contribution in [2.24, 2.45) is 17.8 Å². The Kier molecular flexibility index (Phi) is 7.67. The number of aromatic amines is 1. The van der Waals surface area contributed by atoms with Crippen molar-refractivity contribution in [3.63, 3.8) is 0 Å². The molecule has 1 aromatic heterocycles. The smallest absolute Gasteiger partial charge is 0.407 e. The molecule has 4 atom stereocenters. The normalized spacial score (nSPS) is 29.4. The summed E-state index contributed by atoms with van der Waals surface area (Å²) >= 11 is 0. The third kappa shape index (κ3) is 6.66. The van der Waals surface area contributed by atoms with Crippen LogP contribution in [0.4, 0.5) is 4.79 Å². The number of hydrogen-bond acceptors (Lipinski definition) is 8. The summed E-state index contributed by atoms with van der Waals surface area (Å²) in [5.41, 5.74) is 0. The lowest BCUT2D eigenvalue weighted by molar-refractivity contribution is -0.148. The number of amides is 1. The van der Waals surface area contributed by atoms with Gasteiger partial charge >= 0.3 is 12.1 Å². The van der Waals surface area contributed by atoms with Gasteiger partial charge in [0.15, 0.2) is 5.82 Å². The first-order valence-corrected chi connectivity index (χ1v) is 10.6. The number of aromatic nitrogens is 4. The molecule has 0 aromatic carbocycles. The van der Waals surface area contributed by atoms with E-state index < -0.39 is 18.1 Å². The summed E-state index contributed by atoms with van der Waals surface area (Å²) in [6.45, 7) is 3.24. The molecule has 1 aliphatic heterocycles. The molecule has 0 unspecified atom stereocenters. The van der Waals surface area contributed by atoms with Gasteiger partial charge in [-0.15, -0.1) is 10.2 Å². The molecule has 1 aliphatic carbocycles. The third-order valence-electron chi connectivity index (χ3n) is 5.80. The Labute approximate surface area is 172 Å². The fraction of sp³-hybridized carbons (Fsp3) is 0.842. The van der Waals surface area contributed by atoms with Crippen molar-refractivity contribution in [2.75, 3.05) is 26.3 Å². The van der Waals surface area contributed by atoms with Crippen molar-refractivity contribution >= 4 is 12.1 Å². The van der Waals surface area contributed by atoms with E-state index in [2.05, 4.69) is 31.3 Å². The maximum absolute atomic E-state index is 12.5. The maximum atomic E-state index is 12.5. The molecule has 2 fully saturated rings. The van der Waals surface area contributed by atoms with E-state index in [-0.39, 0.29) is 6.61 Å². The molecule has 1 saturated carbocycles. The molecular weight excluding hydrogens is 376 g/mol. The van der Waals surface area contributed by atoms with Gasteiger partial charge in [0.05, 0.1) is 14.6 Å². The highest BCUT2D eigenvalue weighted by atomic mass is 16.5. The number of fused-ring (bicyclic) bond motifs is 1. The summed E-state index contributed by atoms with van der Waals surface area (Å²) in [7, 11) is 0. The van der Waals surface area contributed by atoms with Crippen molar-refractivity contribution in [3.05, 3.63) is 5.82 Å². The van der Waals surface area contributed by atoms with E-state index in [1.54, 1.807) is 6.92 Å². The minimum Gasteiger partial charge on any atom is -0.464 e. The Balaban J connectivity index is 1.40. The second-order valence-electron chi connectivity index (χ2n) is 7.77. The summed E-state index contributed by atoms with van der Waals surface area (Å²) in [5.74, 6) is 1.60. The molecule has 10 nitrogen and oxygen atoms in total. The number of H-pyrrole nitrogens is 1. The van der Waals surface area contributed by atoms with Crippen LogP contribution in [-0.4, -0.2) is 65.0 Å². The van der Waals surface area contributed by atoms with E-state index in [1.165, 1.54) is 0 Å². The number of hydrogen-bond donors (Lipinski definition) is 3. The van der Waals surface area contributed by atoms with Crippen molar-refractivity contribution in [1.29, 1.82) is 0 Å². The molecule has 1 aromatic rings. The lowest BCUT2D eigenvalue weighted by atomic mass is 9.69. The molecule has 29 heavy (non-hydrogen) atoms. The Hall–Kier alpha value is -2.23. The van der Waals surface area contributed by atoms with E-state index >= 15 is 0 Å². The molecule has 0 radical (unpaired) electrons. The van der Waals surface area contributed by atoms with Gasteiger partial charge in [0.2, 0.25) is 0 Å². The fourth-order valence-corrected chi connectivity index (χ4v) is 4.27. The van der Waals surface area contributed by atoms with Gasteiger partial charge in [0.25, 0.3) is 0 Å². The first kappa shape index (κ1) is 20.1. The van der Waals surface area contributed by atoms with Gasteiger partial charge in [-0.25, -0.2) is 4.79 Å². The van der Waals surface area contributed by atoms with Crippen molar-refractivity contribution < 1.29 is 20.4 Å². The highest BCUT2D eigenvalue weighted by Crippen LogP contribution is 2.40. The summed E-state index contributed by atoms with van der Waals surface area (Å²) in [6.07, 6.45) is 5.54. The van der Waals surface area contributed by atoms with Gasteiger partial charge in [-0.1, -0.05) is 11.6 Å². The number of ether oxygens (including phenoxy) is 2. The second-order valence-corrected chi connectivity index (χ2v) is 7.77. The predicted molar refractivity (Wildman–Crippen MR) is 104 cm³/mol. The molecule has 10 heteroatoms. The number of rotatable bonds is 9. The summed E-state index contributed by atoms with van der Waals surface area (Å²) in [5, 5.41) is 19.8. The second kappa shape index (κ2) is 11.1.